The van der Waals surface area contributed by atoms with Crippen LogP contribution in [-0.2, 0) is 0 Å². The second kappa shape index (κ2) is 9.64. The second-order valence-electron chi connectivity index (χ2n) is 6.16. The Morgan fingerprint density at radius 1 is 1.04 bits per heavy atom. The maximum Gasteiger partial charge on any atom is 0.321 e. The number of anilines is 2. The van der Waals surface area contributed by atoms with Crippen molar-refractivity contribution >= 4 is 11.7 Å². The smallest absolute Gasteiger partial charge is 0.321 e. The predicted molar refractivity (Wildman–Crippen MR) is 110 cm³/mol. The molecule has 0 spiro atoms. The van der Waals surface area contributed by atoms with Crippen molar-refractivity contribution in [2.24, 2.45) is 0 Å². The van der Waals surface area contributed by atoms with E-state index in [-0.39, 0.29) is 0 Å². The van der Waals surface area contributed by atoms with Crippen LogP contribution >= 0.6 is 0 Å². The van der Waals surface area contributed by atoms with Crippen molar-refractivity contribution in [1.82, 2.24) is 10.1 Å². The van der Waals surface area contributed by atoms with Crippen molar-refractivity contribution in [1.29, 1.82) is 0 Å². The lowest BCUT2D eigenvalue weighted by Gasteiger charge is -2.22. The lowest BCUT2D eigenvalue weighted by molar-refractivity contribution is 0.355. The summed E-state index contributed by atoms with van der Waals surface area (Å²) in [6.45, 7) is 4.80. The number of nitrogens with zero attached hydrogens (tertiary/aromatic N) is 3. The van der Waals surface area contributed by atoms with Crippen LogP contribution in [0.1, 0.15) is 13.3 Å². The fourth-order valence-corrected chi connectivity index (χ4v) is 3.04. The molecule has 1 N–H and O–H groups in total. The average molecular weight is 382 g/mol. The van der Waals surface area contributed by atoms with Crippen molar-refractivity contribution in [3.63, 3.8) is 0 Å². The minimum Gasteiger partial charge on any atom is -0.493 e. The molecular weight excluding hydrogens is 356 g/mol. The fraction of sp³-hybridized carbons (Fsp3) is 0.333. The highest BCUT2D eigenvalue weighted by Gasteiger charge is 2.16. The minimum atomic E-state index is 0.391. The first kappa shape index (κ1) is 19.5. The number of methoxy groups -OCH3 is 2. The van der Waals surface area contributed by atoms with Crippen LogP contribution in [-0.4, -0.2) is 44.0 Å². The first-order chi connectivity index (χ1) is 13.8. The van der Waals surface area contributed by atoms with Gasteiger partial charge in [0.25, 0.3) is 0 Å². The molecule has 0 aliphatic rings. The van der Waals surface area contributed by atoms with Gasteiger partial charge in [-0.3, -0.25) is 0 Å². The quantitative estimate of drug-likeness (QED) is 0.530. The highest BCUT2D eigenvalue weighted by molar-refractivity contribution is 5.68. The Morgan fingerprint density at radius 2 is 1.86 bits per heavy atom. The molecule has 28 heavy (non-hydrogen) atoms. The maximum absolute atomic E-state index is 5.44. The van der Waals surface area contributed by atoms with Gasteiger partial charge in [0.1, 0.15) is 0 Å². The molecule has 0 radical (unpaired) electrons. The summed E-state index contributed by atoms with van der Waals surface area (Å²) in [7, 11) is 3.19. The Balaban J connectivity index is 1.57. The summed E-state index contributed by atoms with van der Waals surface area (Å²) >= 11 is 0. The van der Waals surface area contributed by atoms with Gasteiger partial charge in [-0.25, -0.2) is 0 Å². The van der Waals surface area contributed by atoms with Gasteiger partial charge in [-0.1, -0.05) is 29.4 Å². The van der Waals surface area contributed by atoms with E-state index in [2.05, 4.69) is 51.5 Å². The molecule has 3 aromatic rings. The Bertz CT molecular complexity index is 867. The number of nitrogens with one attached hydrogen (secondary N) is 1. The molecule has 2 aromatic carbocycles. The lowest BCUT2D eigenvalue weighted by atomic mass is 10.2. The predicted octanol–water partition coefficient (Wildman–Crippen LogP) is 4.08. The van der Waals surface area contributed by atoms with Gasteiger partial charge >= 0.3 is 6.01 Å². The van der Waals surface area contributed by atoms with Gasteiger partial charge in [0.2, 0.25) is 5.82 Å². The van der Waals surface area contributed by atoms with Gasteiger partial charge in [0.15, 0.2) is 11.5 Å². The molecule has 0 amide bonds. The van der Waals surface area contributed by atoms with E-state index < -0.39 is 0 Å². The van der Waals surface area contributed by atoms with Gasteiger partial charge in [-0.05, 0) is 37.6 Å². The molecule has 0 aliphatic heterocycles. The minimum absolute atomic E-state index is 0.391. The normalized spacial score (nSPS) is 10.5. The molecule has 0 saturated heterocycles. The average Bonchev–Trinajstić information content (AvgIpc) is 3.22. The van der Waals surface area contributed by atoms with Crippen molar-refractivity contribution < 1.29 is 14.0 Å². The molecule has 1 aromatic heterocycles. The van der Waals surface area contributed by atoms with E-state index in [1.807, 2.05) is 24.3 Å². The molecule has 0 bridgehead atoms. The standard InChI is InChI=1S/C21H26N4O3/c1-4-25(16-10-6-5-7-11-16)15-9-14-22-21-23-20(24-28-21)17-12-8-13-18(26-2)19(17)27-3/h5-8,10-13H,4,9,14-15H2,1-3H3,(H,22,23,24). The Hall–Kier alpha value is -3.22. The monoisotopic (exact) mass is 382 g/mol. The van der Waals surface area contributed by atoms with E-state index in [9.17, 15) is 0 Å². The summed E-state index contributed by atoms with van der Waals surface area (Å²) in [6, 6.07) is 16.4. The van der Waals surface area contributed by atoms with E-state index in [0.717, 1.165) is 31.6 Å². The number of para-hydroxylation sites is 2. The molecule has 0 aliphatic carbocycles. The van der Waals surface area contributed by atoms with Crippen LogP contribution in [0.5, 0.6) is 11.5 Å². The lowest BCUT2D eigenvalue weighted by Crippen LogP contribution is -2.25. The van der Waals surface area contributed by atoms with Gasteiger partial charge in [0, 0.05) is 25.3 Å². The summed E-state index contributed by atoms with van der Waals surface area (Å²) in [6.07, 6.45) is 0.947. The number of ether oxygens (including phenoxy) is 2. The largest absolute Gasteiger partial charge is 0.493 e. The van der Waals surface area contributed by atoms with E-state index in [1.54, 1.807) is 14.2 Å². The molecule has 0 atom stereocenters. The molecule has 7 heteroatoms. The summed E-state index contributed by atoms with van der Waals surface area (Å²) in [5.41, 5.74) is 1.95. The van der Waals surface area contributed by atoms with Gasteiger partial charge in [-0.15, -0.1) is 0 Å². The van der Waals surface area contributed by atoms with E-state index in [4.69, 9.17) is 14.0 Å². The van der Waals surface area contributed by atoms with E-state index in [1.165, 1.54) is 5.69 Å². The van der Waals surface area contributed by atoms with Crippen LogP contribution in [0.15, 0.2) is 53.1 Å². The molecular formula is C21H26N4O3. The van der Waals surface area contributed by atoms with Crippen molar-refractivity contribution in [2.45, 2.75) is 13.3 Å². The Labute approximate surface area is 165 Å². The van der Waals surface area contributed by atoms with Crippen molar-refractivity contribution in [3.8, 4) is 22.9 Å². The first-order valence-corrected chi connectivity index (χ1v) is 9.35. The van der Waals surface area contributed by atoms with Crippen LogP contribution in [0.3, 0.4) is 0 Å². The SMILES string of the molecule is CCN(CCCNc1nc(-c2cccc(OC)c2OC)no1)c1ccccc1. The van der Waals surface area contributed by atoms with E-state index >= 15 is 0 Å². The Morgan fingerprint density at radius 3 is 2.57 bits per heavy atom. The molecule has 148 valence electrons. The summed E-state index contributed by atoms with van der Waals surface area (Å²) in [5.74, 6) is 1.66. The van der Waals surface area contributed by atoms with Crippen LogP contribution in [0.4, 0.5) is 11.7 Å². The third kappa shape index (κ3) is 4.54. The first-order valence-electron chi connectivity index (χ1n) is 9.35. The molecule has 0 saturated carbocycles. The van der Waals surface area contributed by atoms with Gasteiger partial charge in [-0.2, -0.15) is 4.98 Å². The van der Waals surface area contributed by atoms with Crippen LogP contribution < -0.4 is 19.7 Å². The highest BCUT2D eigenvalue weighted by atomic mass is 16.5. The topological polar surface area (TPSA) is 72.7 Å². The van der Waals surface area contributed by atoms with Gasteiger partial charge < -0.3 is 24.2 Å². The molecule has 7 nitrogen and oxygen atoms in total. The zero-order chi connectivity index (χ0) is 19.8. The maximum atomic E-state index is 5.44. The summed E-state index contributed by atoms with van der Waals surface area (Å²) < 4.78 is 16.1. The second-order valence-corrected chi connectivity index (χ2v) is 6.16. The number of benzene rings is 2. The highest BCUT2D eigenvalue weighted by Crippen LogP contribution is 2.36. The number of rotatable bonds is 10. The Kier molecular flexibility index (Phi) is 6.73. The van der Waals surface area contributed by atoms with Crippen LogP contribution in [0, 0.1) is 0 Å². The van der Waals surface area contributed by atoms with Crippen LogP contribution in [0.25, 0.3) is 11.4 Å². The molecule has 1 heterocycles. The zero-order valence-corrected chi connectivity index (χ0v) is 16.5. The van der Waals surface area contributed by atoms with Crippen molar-refractivity contribution in [3.05, 3.63) is 48.5 Å². The number of hydrogen-bond donors (Lipinski definition) is 1. The zero-order valence-electron chi connectivity index (χ0n) is 16.5. The third-order valence-electron chi connectivity index (χ3n) is 4.45. The van der Waals surface area contributed by atoms with Crippen LogP contribution in [0.2, 0.25) is 0 Å². The number of hydrogen-bond acceptors (Lipinski definition) is 7. The molecule has 0 fully saturated rings. The summed E-state index contributed by atoms with van der Waals surface area (Å²) in [5, 5.41) is 7.25. The van der Waals surface area contributed by atoms with E-state index in [0.29, 0.717) is 23.3 Å². The number of aromatic nitrogens is 2. The van der Waals surface area contributed by atoms with Crippen molar-refractivity contribution in [2.75, 3.05) is 44.1 Å². The molecule has 3 rings (SSSR count). The van der Waals surface area contributed by atoms with Gasteiger partial charge in [0.05, 0.1) is 19.8 Å². The third-order valence-corrected chi connectivity index (χ3v) is 4.45. The molecule has 0 unspecified atom stereocenters. The fourth-order valence-electron chi connectivity index (χ4n) is 3.04. The summed E-state index contributed by atoms with van der Waals surface area (Å²) in [4.78, 5) is 6.76.